The number of hydrogen-bond donors (Lipinski definition) is 1. The third kappa shape index (κ3) is 3.24. The maximum Gasteiger partial charge on any atom is 0.262 e. The highest BCUT2D eigenvalue weighted by atomic mass is 19.1. The number of nitrogens with one attached hydrogen (secondary N) is 1. The van der Waals surface area contributed by atoms with Gasteiger partial charge in [-0.3, -0.25) is 9.78 Å². The zero-order valence-corrected chi connectivity index (χ0v) is 13.6. The second-order valence-corrected chi connectivity index (χ2v) is 5.92. The van der Waals surface area contributed by atoms with E-state index in [1.165, 1.54) is 25.4 Å². The Bertz CT molecular complexity index is 800. The smallest absolute Gasteiger partial charge is 0.262 e. The number of benzene rings is 1. The molecule has 2 aromatic rings. The molecule has 1 N–H and O–H groups in total. The average Bonchev–Trinajstić information content (AvgIpc) is 2.61. The Kier molecular flexibility index (Phi) is 4.76. The van der Waals surface area contributed by atoms with Crippen LogP contribution in [0.2, 0.25) is 0 Å². The van der Waals surface area contributed by atoms with Gasteiger partial charge in [-0.05, 0) is 25.0 Å². The van der Waals surface area contributed by atoms with Gasteiger partial charge in [0.1, 0.15) is 11.6 Å². The lowest BCUT2D eigenvalue weighted by Gasteiger charge is -2.33. The summed E-state index contributed by atoms with van der Waals surface area (Å²) in [5.41, 5.74) is -1.64. The molecule has 1 heterocycles. The minimum absolute atomic E-state index is 0.0675. The third-order valence-corrected chi connectivity index (χ3v) is 4.42. The van der Waals surface area contributed by atoms with Crippen molar-refractivity contribution in [2.24, 2.45) is 0 Å². The van der Waals surface area contributed by atoms with Gasteiger partial charge >= 0.3 is 0 Å². The van der Waals surface area contributed by atoms with Gasteiger partial charge in [0.15, 0.2) is 0 Å². The summed E-state index contributed by atoms with van der Waals surface area (Å²) in [6, 6.07) is 6.07. The summed E-state index contributed by atoms with van der Waals surface area (Å²) in [5, 5.41) is 2.40. The predicted molar refractivity (Wildman–Crippen MR) is 84.2 cm³/mol. The number of rotatable bonds is 4. The Labute approximate surface area is 143 Å². The first-order chi connectivity index (χ1) is 12.0. The maximum absolute atomic E-state index is 15.5. The number of aromatic nitrogens is 1. The summed E-state index contributed by atoms with van der Waals surface area (Å²) in [5.74, 6) is -2.38. The number of carbonyl (C=O) groups is 1. The molecule has 1 aromatic heterocycles. The van der Waals surface area contributed by atoms with Gasteiger partial charge in [0.25, 0.3) is 5.91 Å². The van der Waals surface area contributed by atoms with Crippen LogP contribution in [0.25, 0.3) is 0 Å². The van der Waals surface area contributed by atoms with Gasteiger partial charge < -0.3 is 10.1 Å². The summed E-state index contributed by atoms with van der Waals surface area (Å²) in [6.07, 6.45) is 1.38. The Hall–Kier alpha value is -2.41. The molecule has 0 spiro atoms. The molecule has 132 valence electrons. The highest BCUT2D eigenvalue weighted by Crippen LogP contribution is 2.43. The normalized spacial score (nSPS) is 22.3. The highest BCUT2D eigenvalue weighted by Gasteiger charge is 2.47. The van der Waals surface area contributed by atoms with Crippen LogP contribution in [0.1, 0.15) is 35.8 Å². The number of carbonyl (C=O) groups excluding carboxylic acids is 1. The second-order valence-electron chi connectivity index (χ2n) is 5.92. The van der Waals surface area contributed by atoms with E-state index in [9.17, 15) is 13.6 Å². The number of pyridine rings is 1. The summed E-state index contributed by atoms with van der Waals surface area (Å²) < 4.78 is 47.4. The summed E-state index contributed by atoms with van der Waals surface area (Å²) in [7, 11) is 1.51. The molecule has 1 aliphatic rings. The molecule has 0 radical (unpaired) electrons. The van der Waals surface area contributed by atoms with E-state index in [2.05, 4.69) is 10.3 Å². The van der Waals surface area contributed by atoms with Gasteiger partial charge in [0.05, 0.1) is 11.8 Å². The van der Waals surface area contributed by atoms with Crippen LogP contribution in [0.5, 0.6) is 0 Å². The van der Waals surface area contributed by atoms with Gasteiger partial charge in [-0.15, -0.1) is 0 Å². The third-order valence-electron chi connectivity index (χ3n) is 4.42. The standard InChI is InChI=1S/C18H17F3N2O2/c1-25-15-6-7-18(21,13-3-2-8-22-16(13)15)17(24)23-10-11-4-5-12(19)9-14(11)20/h2-5,8-9,15H,6-7,10H2,1H3,(H,23,24)/t15-,18-/m0/s1. The number of ether oxygens (including phenoxy) is 1. The van der Waals surface area contributed by atoms with Crippen LogP contribution in [0.3, 0.4) is 0 Å². The van der Waals surface area contributed by atoms with E-state index in [4.69, 9.17) is 4.74 Å². The van der Waals surface area contributed by atoms with Crippen molar-refractivity contribution in [3.8, 4) is 0 Å². The van der Waals surface area contributed by atoms with Gasteiger partial charge in [-0.1, -0.05) is 12.1 Å². The van der Waals surface area contributed by atoms with Gasteiger partial charge in [-0.2, -0.15) is 0 Å². The van der Waals surface area contributed by atoms with Crippen LogP contribution < -0.4 is 5.32 Å². The second kappa shape index (κ2) is 6.84. The van der Waals surface area contributed by atoms with Gasteiger partial charge in [0.2, 0.25) is 5.67 Å². The quantitative estimate of drug-likeness (QED) is 0.920. The molecule has 25 heavy (non-hydrogen) atoms. The van der Waals surface area contributed by atoms with Crippen LogP contribution in [0.15, 0.2) is 36.5 Å². The SMILES string of the molecule is CO[C@H]1CC[C@@](F)(C(=O)NCc2ccc(F)cc2F)c2cccnc21. The Morgan fingerprint density at radius 1 is 1.40 bits per heavy atom. The van der Waals surface area contributed by atoms with E-state index < -0.39 is 23.2 Å². The minimum atomic E-state index is -2.27. The number of fused-ring (bicyclic) bond motifs is 1. The largest absolute Gasteiger partial charge is 0.375 e. The zero-order valence-electron chi connectivity index (χ0n) is 13.6. The fourth-order valence-corrected chi connectivity index (χ4v) is 3.06. The van der Waals surface area contributed by atoms with Crippen LogP contribution in [0.4, 0.5) is 13.2 Å². The van der Waals surface area contributed by atoms with Crippen LogP contribution in [0, 0.1) is 11.6 Å². The Morgan fingerprint density at radius 2 is 2.20 bits per heavy atom. The number of amides is 1. The van der Waals surface area contributed by atoms with Crippen LogP contribution in [-0.4, -0.2) is 18.0 Å². The first-order valence-corrected chi connectivity index (χ1v) is 7.85. The molecule has 3 rings (SSSR count). The van der Waals surface area contributed by atoms with Crippen molar-refractivity contribution in [2.75, 3.05) is 7.11 Å². The topological polar surface area (TPSA) is 51.2 Å². The molecule has 1 aliphatic carbocycles. The summed E-state index contributed by atoms with van der Waals surface area (Å²) in [6.45, 7) is -0.236. The monoisotopic (exact) mass is 350 g/mol. The number of methoxy groups -OCH3 is 1. The van der Waals surface area contributed by atoms with Crippen molar-refractivity contribution in [3.63, 3.8) is 0 Å². The minimum Gasteiger partial charge on any atom is -0.375 e. The molecule has 1 aromatic carbocycles. The fraction of sp³-hybridized carbons (Fsp3) is 0.333. The molecule has 0 saturated carbocycles. The maximum atomic E-state index is 15.5. The molecular weight excluding hydrogens is 333 g/mol. The number of hydrogen-bond acceptors (Lipinski definition) is 3. The van der Waals surface area contributed by atoms with Gasteiger partial charge in [0, 0.05) is 37.0 Å². The Balaban J connectivity index is 1.81. The summed E-state index contributed by atoms with van der Waals surface area (Å²) >= 11 is 0. The van der Waals surface area contributed by atoms with Crippen molar-refractivity contribution < 1.29 is 22.7 Å². The van der Waals surface area contributed by atoms with E-state index in [0.717, 1.165) is 12.1 Å². The number of halogens is 3. The molecular formula is C18H17F3N2O2. The number of alkyl halides is 1. The van der Waals surface area contributed by atoms with Crippen LogP contribution >= 0.6 is 0 Å². The van der Waals surface area contributed by atoms with Crippen molar-refractivity contribution in [2.45, 2.75) is 31.2 Å². The van der Waals surface area contributed by atoms with E-state index in [1.54, 1.807) is 6.07 Å². The lowest BCUT2D eigenvalue weighted by molar-refractivity contribution is -0.135. The van der Waals surface area contributed by atoms with Crippen LogP contribution in [-0.2, 0) is 21.7 Å². The molecule has 0 bridgehead atoms. The average molecular weight is 350 g/mol. The van der Waals surface area contributed by atoms with Crippen molar-refractivity contribution in [1.29, 1.82) is 0 Å². The van der Waals surface area contributed by atoms with E-state index in [0.29, 0.717) is 12.1 Å². The van der Waals surface area contributed by atoms with E-state index >= 15 is 4.39 Å². The molecule has 0 aliphatic heterocycles. The molecule has 0 fully saturated rings. The first-order valence-electron chi connectivity index (χ1n) is 7.85. The molecule has 0 saturated heterocycles. The summed E-state index contributed by atoms with van der Waals surface area (Å²) in [4.78, 5) is 16.6. The van der Waals surface area contributed by atoms with Crippen molar-refractivity contribution >= 4 is 5.91 Å². The molecule has 4 nitrogen and oxygen atoms in total. The Morgan fingerprint density at radius 3 is 2.92 bits per heavy atom. The van der Waals surface area contributed by atoms with E-state index in [-0.39, 0.29) is 30.2 Å². The molecule has 1 amide bonds. The zero-order chi connectivity index (χ0) is 18.0. The first kappa shape index (κ1) is 17.4. The fourth-order valence-electron chi connectivity index (χ4n) is 3.06. The lowest BCUT2D eigenvalue weighted by Crippen LogP contribution is -2.44. The van der Waals surface area contributed by atoms with E-state index in [1.807, 2.05) is 0 Å². The van der Waals surface area contributed by atoms with Crippen molar-refractivity contribution in [1.82, 2.24) is 10.3 Å². The van der Waals surface area contributed by atoms with Crippen molar-refractivity contribution in [3.05, 3.63) is 65.0 Å². The highest BCUT2D eigenvalue weighted by molar-refractivity contribution is 5.87. The molecule has 2 atom stereocenters. The van der Waals surface area contributed by atoms with Gasteiger partial charge in [-0.25, -0.2) is 13.2 Å². The number of nitrogens with zero attached hydrogens (tertiary/aromatic N) is 1. The lowest BCUT2D eigenvalue weighted by atomic mass is 9.81. The molecule has 0 unspecified atom stereocenters. The predicted octanol–water partition coefficient (Wildman–Crippen LogP) is 3.32. The molecule has 7 heteroatoms.